The van der Waals surface area contributed by atoms with Gasteiger partial charge >= 0.3 is 0 Å². The highest BCUT2D eigenvalue weighted by Crippen LogP contribution is 2.19. The molecule has 0 bridgehead atoms. The number of nitrogens with one attached hydrogen (secondary N) is 1. The number of benzene rings is 1. The molecule has 0 aliphatic rings. The van der Waals surface area contributed by atoms with Crippen LogP contribution in [0.3, 0.4) is 0 Å². The fraction of sp³-hybridized carbons (Fsp3) is 0.286. The van der Waals surface area contributed by atoms with Gasteiger partial charge in [-0.25, -0.2) is 14.4 Å². The van der Waals surface area contributed by atoms with Gasteiger partial charge in [0.1, 0.15) is 24.0 Å². The van der Waals surface area contributed by atoms with Crippen molar-refractivity contribution in [2.45, 2.75) is 20.5 Å². The molecule has 1 aromatic carbocycles. The molecule has 0 aliphatic heterocycles. The molecule has 100 valence electrons. The maximum atomic E-state index is 13.0. The molecule has 0 radical (unpaired) electrons. The van der Waals surface area contributed by atoms with Crippen LogP contribution < -0.4 is 10.1 Å². The van der Waals surface area contributed by atoms with E-state index < -0.39 is 0 Å². The molecule has 0 atom stereocenters. The average molecular weight is 261 g/mol. The van der Waals surface area contributed by atoms with Crippen LogP contribution in [-0.4, -0.2) is 17.0 Å². The maximum Gasteiger partial charge on any atom is 0.168 e. The number of aryl methyl sites for hydroxylation is 2. The van der Waals surface area contributed by atoms with Crippen LogP contribution in [0, 0.1) is 19.7 Å². The van der Waals surface area contributed by atoms with Crippen LogP contribution in [0.5, 0.6) is 5.75 Å². The predicted octanol–water partition coefficient (Wildman–Crippen LogP) is 2.85. The molecule has 1 N–H and O–H groups in total. The van der Waals surface area contributed by atoms with E-state index in [2.05, 4.69) is 15.3 Å². The number of halogens is 1. The Kier molecular flexibility index (Phi) is 3.94. The summed E-state index contributed by atoms with van der Waals surface area (Å²) in [6, 6.07) is 6.27. The lowest BCUT2D eigenvalue weighted by Gasteiger charge is -2.09. The van der Waals surface area contributed by atoms with Crippen molar-refractivity contribution < 1.29 is 9.13 Å². The van der Waals surface area contributed by atoms with Crippen LogP contribution in [0.25, 0.3) is 0 Å². The zero-order valence-electron chi connectivity index (χ0n) is 11.2. The van der Waals surface area contributed by atoms with Crippen molar-refractivity contribution in [3.8, 4) is 5.75 Å². The Morgan fingerprint density at radius 2 is 2.00 bits per heavy atom. The summed E-state index contributed by atoms with van der Waals surface area (Å²) in [5.41, 5.74) is 1.62. The molecule has 2 aromatic rings. The highest BCUT2D eigenvalue weighted by atomic mass is 19.1. The fourth-order valence-electron chi connectivity index (χ4n) is 1.74. The Hall–Kier alpha value is -2.17. The lowest BCUT2D eigenvalue weighted by Crippen LogP contribution is -2.06. The zero-order chi connectivity index (χ0) is 13.8. The summed E-state index contributed by atoms with van der Waals surface area (Å²) in [5.74, 6) is 1.71. The summed E-state index contributed by atoms with van der Waals surface area (Å²) in [6.07, 6.45) is 0. The summed E-state index contributed by atoms with van der Waals surface area (Å²) >= 11 is 0. The van der Waals surface area contributed by atoms with E-state index >= 15 is 0 Å². The van der Waals surface area contributed by atoms with Gasteiger partial charge in [-0.05, 0) is 37.6 Å². The second kappa shape index (κ2) is 5.65. The highest BCUT2D eigenvalue weighted by molar-refractivity contribution is 5.35. The second-order valence-corrected chi connectivity index (χ2v) is 4.26. The molecule has 2 rings (SSSR count). The molecule has 4 nitrogen and oxygen atoms in total. The van der Waals surface area contributed by atoms with Gasteiger partial charge in [0.25, 0.3) is 0 Å². The van der Waals surface area contributed by atoms with E-state index in [0.717, 1.165) is 17.1 Å². The highest BCUT2D eigenvalue weighted by Gasteiger charge is 2.05. The van der Waals surface area contributed by atoms with Crippen LogP contribution in [0.15, 0.2) is 24.3 Å². The lowest BCUT2D eigenvalue weighted by molar-refractivity contribution is 0.293. The first-order valence-corrected chi connectivity index (χ1v) is 6.00. The summed E-state index contributed by atoms with van der Waals surface area (Å²) in [6.45, 7) is 3.95. The third-order valence-electron chi connectivity index (χ3n) is 2.65. The number of ether oxygens (including phenoxy) is 1. The predicted molar refractivity (Wildman–Crippen MR) is 71.8 cm³/mol. The minimum absolute atomic E-state index is 0.253. The quantitative estimate of drug-likeness (QED) is 0.919. The van der Waals surface area contributed by atoms with Gasteiger partial charge in [0, 0.05) is 18.8 Å². The molecule has 1 heterocycles. The van der Waals surface area contributed by atoms with E-state index in [1.165, 1.54) is 12.1 Å². The molecule has 0 fully saturated rings. The molecule has 0 aliphatic carbocycles. The van der Waals surface area contributed by atoms with E-state index in [1.807, 2.05) is 13.0 Å². The molecular formula is C14H16FN3O. The Labute approximate surface area is 111 Å². The second-order valence-electron chi connectivity index (χ2n) is 4.26. The molecular weight excluding hydrogens is 245 g/mol. The summed E-state index contributed by atoms with van der Waals surface area (Å²) in [5, 5.41) is 2.97. The molecule has 0 saturated heterocycles. The number of anilines is 1. The zero-order valence-corrected chi connectivity index (χ0v) is 11.2. The normalized spacial score (nSPS) is 10.3. The van der Waals surface area contributed by atoms with Gasteiger partial charge in [0.2, 0.25) is 0 Å². The molecule has 0 unspecified atom stereocenters. The van der Waals surface area contributed by atoms with Crippen molar-refractivity contribution >= 4 is 5.82 Å². The molecule has 19 heavy (non-hydrogen) atoms. The first-order chi connectivity index (χ1) is 9.08. The largest absolute Gasteiger partial charge is 0.485 e. The minimum Gasteiger partial charge on any atom is -0.485 e. The third kappa shape index (κ3) is 3.40. The number of aromatic nitrogens is 2. The van der Waals surface area contributed by atoms with Gasteiger partial charge in [0.15, 0.2) is 5.82 Å². The van der Waals surface area contributed by atoms with E-state index in [1.54, 1.807) is 20.0 Å². The standard InChI is InChI=1S/C14H16FN3O/c1-9-6-11(15)4-5-12(9)19-8-14-17-10(2)7-13(16-3)18-14/h4-7H,8H2,1-3H3,(H,16,17,18). The van der Waals surface area contributed by atoms with Crippen LogP contribution in [-0.2, 0) is 6.61 Å². The first-order valence-electron chi connectivity index (χ1n) is 6.00. The van der Waals surface area contributed by atoms with Crippen molar-refractivity contribution in [2.75, 3.05) is 12.4 Å². The van der Waals surface area contributed by atoms with Gasteiger partial charge in [-0.2, -0.15) is 0 Å². The third-order valence-corrected chi connectivity index (χ3v) is 2.65. The van der Waals surface area contributed by atoms with Crippen molar-refractivity contribution in [1.29, 1.82) is 0 Å². The Bertz CT molecular complexity index is 587. The topological polar surface area (TPSA) is 47.0 Å². The number of hydrogen-bond donors (Lipinski definition) is 1. The minimum atomic E-state index is -0.269. The van der Waals surface area contributed by atoms with E-state index in [4.69, 9.17) is 4.74 Å². The summed E-state index contributed by atoms with van der Waals surface area (Å²) in [4.78, 5) is 8.59. The van der Waals surface area contributed by atoms with Crippen LogP contribution in [0.4, 0.5) is 10.2 Å². The number of nitrogens with zero attached hydrogens (tertiary/aromatic N) is 2. The summed E-state index contributed by atoms with van der Waals surface area (Å²) < 4.78 is 18.6. The van der Waals surface area contributed by atoms with Crippen molar-refractivity contribution in [2.24, 2.45) is 0 Å². The molecule has 0 spiro atoms. The van der Waals surface area contributed by atoms with Crippen LogP contribution >= 0.6 is 0 Å². The van der Waals surface area contributed by atoms with Gasteiger partial charge in [-0.3, -0.25) is 0 Å². The first kappa shape index (κ1) is 13.3. The Balaban J connectivity index is 2.12. The van der Waals surface area contributed by atoms with Gasteiger partial charge in [-0.15, -0.1) is 0 Å². The van der Waals surface area contributed by atoms with Gasteiger partial charge in [0.05, 0.1) is 0 Å². The molecule has 0 amide bonds. The number of rotatable bonds is 4. The monoisotopic (exact) mass is 261 g/mol. The fourth-order valence-corrected chi connectivity index (χ4v) is 1.74. The van der Waals surface area contributed by atoms with E-state index in [0.29, 0.717) is 11.6 Å². The smallest absolute Gasteiger partial charge is 0.168 e. The van der Waals surface area contributed by atoms with E-state index in [9.17, 15) is 4.39 Å². The molecule has 5 heteroatoms. The maximum absolute atomic E-state index is 13.0. The number of hydrogen-bond acceptors (Lipinski definition) is 4. The van der Waals surface area contributed by atoms with Crippen molar-refractivity contribution in [3.63, 3.8) is 0 Å². The lowest BCUT2D eigenvalue weighted by atomic mass is 10.2. The van der Waals surface area contributed by atoms with Crippen LogP contribution in [0.2, 0.25) is 0 Å². The molecule has 1 aromatic heterocycles. The van der Waals surface area contributed by atoms with Crippen LogP contribution in [0.1, 0.15) is 17.1 Å². The van der Waals surface area contributed by atoms with Crippen molar-refractivity contribution in [1.82, 2.24) is 9.97 Å². The Morgan fingerprint density at radius 1 is 1.21 bits per heavy atom. The molecule has 0 saturated carbocycles. The van der Waals surface area contributed by atoms with Crippen molar-refractivity contribution in [3.05, 3.63) is 47.2 Å². The summed E-state index contributed by atoms with van der Waals surface area (Å²) in [7, 11) is 1.80. The van der Waals surface area contributed by atoms with Gasteiger partial charge < -0.3 is 10.1 Å². The SMILES string of the molecule is CNc1cc(C)nc(COc2ccc(F)cc2C)n1. The van der Waals surface area contributed by atoms with Gasteiger partial charge in [-0.1, -0.05) is 0 Å². The Morgan fingerprint density at radius 3 is 2.68 bits per heavy atom. The van der Waals surface area contributed by atoms with E-state index in [-0.39, 0.29) is 12.4 Å². The average Bonchev–Trinajstić information content (AvgIpc) is 2.37.